The molecule has 1 fully saturated rings. The van der Waals surface area contributed by atoms with Gasteiger partial charge < -0.3 is 15.0 Å². The Kier molecular flexibility index (Phi) is 5.79. The van der Waals surface area contributed by atoms with Crippen LogP contribution in [0, 0.1) is 5.92 Å². The minimum atomic E-state index is -0.0326. The van der Waals surface area contributed by atoms with Gasteiger partial charge in [-0.15, -0.1) is 11.3 Å². The predicted molar refractivity (Wildman–Crippen MR) is 79.9 cm³/mol. The van der Waals surface area contributed by atoms with E-state index in [9.17, 15) is 4.79 Å². The maximum atomic E-state index is 12.3. The van der Waals surface area contributed by atoms with Crippen molar-refractivity contribution in [1.29, 1.82) is 0 Å². The summed E-state index contributed by atoms with van der Waals surface area (Å²) in [6.45, 7) is 7.09. The summed E-state index contributed by atoms with van der Waals surface area (Å²) in [6.07, 6.45) is 3.96. The van der Waals surface area contributed by atoms with Crippen LogP contribution < -0.4 is 5.32 Å². The third-order valence-electron chi connectivity index (χ3n) is 3.53. The molecule has 0 spiro atoms. The van der Waals surface area contributed by atoms with Crippen LogP contribution in [0.4, 0.5) is 4.79 Å². The molecule has 1 aliphatic heterocycles. The predicted octanol–water partition coefficient (Wildman–Crippen LogP) is 2.66. The van der Waals surface area contributed by atoms with Crippen LogP contribution in [0.25, 0.3) is 0 Å². The van der Waals surface area contributed by atoms with Crippen LogP contribution in [-0.2, 0) is 4.74 Å². The van der Waals surface area contributed by atoms with Gasteiger partial charge in [0, 0.05) is 37.2 Å². The second kappa shape index (κ2) is 7.59. The highest BCUT2D eigenvalue weighted by Gasteiger charge is 2.25. The Morgan fingerprint density at radius 3 is 3.25 bits per heavy atom. The standard InChI is InChI=1S/C14H23N3O2S/c1-3-19-10-12-5-4-7-17(9-12)14(18)16-11(2)13-15-6-8-20-13/h6,8,11-12H,3-5,7,9-10H2,1-2H3,(H,16,18)/t11-,12+/m0/s1. The third-order valence-corrected chi connectivity index (χ3v) is 4.48. The lowest BCUT2D eigenvalue weighted by Gasteiger charge is -2.33. The van der Waals surface area contributed by atoms with Gasteiger partial charge in [-0.2, -0.15) is 0 Å². The number of amides is 2. The van der Waals surface area contributed by atoms with Crippen LogP contribution in [0.3, 0.4) is 0 Å². The van der Waals surface area contributed by atoms with Crippen molar-refractivity contribution in [3.05, 3.63) is 16.6 Å². The molecule has 20 heavy (non-hydrogen) atoms. The number of ether oxygens (including phenoxy) is 1. The molecule has 0 saturated carbocycles. The van der Waals surface area contributed by atoms with Crippen molar-refractivity contribution in [2.24, 2.45) is 5.92 Å². The lowest BCUT2D eigenvalue weighted by molar-refractivity contribution is 0.0752. The van der Waals surface area contributed by atoms with Crippen LogP contribution >= 0.6 is 11.3 Å². The van der Waals surface area contributed by atoms with E-state index in [1.165, 1.54) is 0 Å². The Morgan fingerprint density at radius 1 is 1.70 bits per heavy atom. The number of urea groups is 1. The highest BCUT2D eigenvalue weighted by molar-refractivity contribution is 7.09. The minimum absolute atomic E-state index is 0.00824. The maximum Gasteiger partial charge on any atom is 0.317 e. The fraction of sp³-hybridized carbons (Fsp3) is 0.714. The second-order valence-corrected chi connectivity index (χ2v) is 6.08. The van der Waals surface area contributed by atoms with Crippen molar-refractivity contribution < 1.29 is 9.53 Å². The van der Waals surface area contributed by atoms with Crippen LogP contribution in [-0.4, -0.2) is 42.2 Å². The molecule has 2 atom stereocenters. The van der Waals surface area contributed by atoms with E-state index in [4.69, 9.17) is 4.74 Å². The fourth-order valence-electron chi connectivity index (χ4n) is 2.46. The van der Waals surface area contributed by atoms with E-state index in [0.29, 0.717) is 5.92 Å². The molecule has 1 aromatic rings. The number of rotatable bonds is 5. The van der Waals surface area contributed by atoms with Gasteiger partial charge in [0.2, 0.25) is 0 Å². The zero-order valence-electron chi connectivity index (χ0n) is 12.2. The molecule has 2 amide bonds. The SMILES string of the molecule is CCOC[C@@H]1CCCN(C(=O)N[C@@H](C)c2nccs2)C1. The number of carbonyl (C=O) groups is 1. The quantitative estimate of drug-likeness (QED) is 0.909. The Balaban J connectivity index is 1.82. The van der Waals surface area contributed by atoms with E-state index in [1.807, 2.05) is 24.1 Å². The number of nitrogens with zero attached hydrogens (tertiary/aromatic N) is 2. The van der Waals surface area contributed by atoms with Gasteiger partial charge in [-0.3, -0.25) is 0 Å². The number of nitrogens with one attached hydrogen (secondary N) is 1. The lowest BCUT2D eigenvalue weighted by Crippen LogP contribution is -2.46. The molecule has 5 nitrogen and oxygen atoms in total. The first-order valence-electron chi connectivity index (χ1n) is 7.23. The Bertz CT molecular complexity index is 411. The number of hydrogen-bond acceptors (Lipinski definition) is 4. The van der Waals surface area contributed by atoms with Crippen LogP contribution in [0.5, 0.6) is 0 Å². The number of hydrogen-bond donors (Lipinski definition) is 1. The summed E-state index contributed by atoms with van der Waals surface area (Å²) in [5.41, 5.74) is 0. The van der Waals surface area contributed by atoms with E-state index in [-0.39, 0.29) is 12.1 Å². The zero-order valence-corrected chi connectivity index (χ0v) is 13.0. The van der Waals surface area contributed by atoms with E-state index >= 15 is 0 Å². The van der Waals surface area contributed by atoms with Crippen molar-refractivity contribution in [2.75, 3.05) is 26.3 Å². The second-order valence-electron chi connectivity index (χ2n) is 5.16. The van der Waals surface area contributed by atoms with Crippen LogP contribution in [0.15, 0.2) is 11.6 Å². The molecular formula is C14H23N3O2S. The molecule has 2 heterocycles. The summed E-state index contributed by atoms with van der Waals surface area (Å²) in [7, 11) is 0. The van der Waals surface area contributed by atoms with Crippen molar-refractivity contribution in [3.8, 4) is 0 Å². The maximum absolute atomic E-state index is 12.3. The first kappa shape index (κ1) is 15.3. The summed E-state index contributed by atoms with van der Waals surface area (Å²) >= 11 is 1.57. The highest BCUT2D eigenvalue weighted by atomic mass is 32.1. The highest BCUT2D eigenvalue weighted by Crippen LogP contribution is 2.19. The van der Waals surface area contributed by atoms with Gasteiger partial charge in [-0.25, -0.2) is 9.78 Å². The smallest absolute Gasteiger partial charge is 0.317 e. The molecular weight excluding hydrogens is 274 g/mol. The van der Waals surface area contributed by atoms with Crippen molar-refractivity contribution in [1.82, 2.24) is 15.2 Å². The van der Waals surface area contributed by atoms with Gasteiger partial charge >= 0.3 is 6.03 Å². The third kappa shape index (κ3) is 4.18. The number of piperidine rings is 1. The first-order valence-corrected chi connectivity index (χ1v) is 8.11. The fourth-order valence-corrected chi connectivity index (χ4v) is 3.10. The molecule has 0 aliphatic carbocycles. The summed E-state index contributed by atoms with van der Waals surface area (Å²) in [5.74, 6) is 0.463. The van der Waals surface area contributed by atoms with Crippen molar-refractivity contribution in [3.63, 3.8) is 0 Å². The summed E-state index contributed by atoms with van der Waals surface area (Å²) in [6, 6.07) is -0.0244. The van der Waals surface area contributed by atoms with Gasteiger partial charge in [0.25, 0.3) is 0 Å². The molecule has 1 saturated heterocycles. The van der Waals surface area contributed by atoms with Gasteiger partial charge in [0.15, 0.2) is 0 Å². The summed E-state index contributed by atoms with van der Waals surface area (Å²) in [4.78, 5) is 18.4. The van der Waals surface area contributed by atoms with Gasteiger partial charge in [0.1, 0.15) is 5.01 Å². The number of carbonyl (C=O) groups excluding carboxylic acids is 1. The number of thiazole rings is 1. The van der Waals surface area contributed by atoms with Crippen LogP contribution in [0.2, 0.25) is 0 Å². The summed E-state index contributed by atoms with van der Waals surface area (Å²) in [5, 5.41) is 5.90. The molecule has 2 rings (SSSR count). The molecule has 0 radical (unpaired) electrons. The number of likely N-dealkylation sites (tertiary alicyclic amines) is 1. The van der Waals surface area contributed by atoms with Gasteiger partial charge in [-0.1, -0.05) is 0 Å². The molecule has 1 aliphatic rings. The molecule has 0 aromatic carbocycles. The van der Waals surface area contributed by atoms with E-state index in [1.54, 1.807) is 17.5 Å². The zero-order chi connectivity index (χ0) is 14.4. The van der Waals surface area contributed by atoms with Gasteiger partial charge in [0.05, 0.1) is 12.6 Å². The topological polar surface area (TPSA) is 54.5 Å². The first-order chi connectivity index (χ1) is 9.70. The molecule has 1 N–H and O–H groups in total. The normalized spacial score (nSPS) is 20.7. The molecule has 1 aromatic heterocycles. The average Bonchev–Trinajstić information content (AvgIpc) is 2.99. The molecule has 0 unspecified atom stereocenters. The minimum Gasteiger partial charge on any atom is -0.381 e. The van der Waals surface area contributed by atoms with Crippen molar-refractivity contribution in [2.45, 2.75) is 32.7 Å². The number of aromatic nitrogens is 1. The monoisotopic (exact) mass is 297 g/mol. The van der Waals surface area contributed by atoms with E-state index < -0.39 is 0 Å². The molecule has 0 bridgehead atoms. The largest absolute Gasteiger partial charge is 0.381 e. The van der Waals surface area contributed by atoms with Gasteiger partial charge in [-0.05, 0) is 26.7 Å². The Hall–Kier alpha value is -1.14. The Labute approximate surface area is 124 Å². The van der Waals surface area contributed by atoms with Crippen molar-refractivity contribution >= 4 is 17.4 Å². The Morgan fingerprint density at radius 2 is 2.55 bits per heavy atom. The summed E-state index contributed by atoms with van der Waals surface area (Å²) < 4.78 is 5.47. The molecule has 112 valence electrons. The van der Waals surface area contributed by atoms with E-state index in [2.05, 4.69) is 10.3 Å². The molecule has 6 heteroatoms. The average molecular weight is 297 g/mol. The lowest BCUT2D eigenvalue weighted by atomic mass is 9.99. The van der Waals surface area contributed by atoms with Crippen LogP contribution in [0.1, 0.15) is 37.7 Å². The van der Waals surface area contributed by atoms with E-state index in [0.717, 1.165) is 44.2 Å².